The second-order valence-electron chi connectivity index (χ2n) is 4.55. The minimum Gasteiger partial charge on any atom is -0.497 e. The van der Waals surface area contributed by atoms with Gasteiger partial charge in [0.05, 0.1) is 7.11 Å². The Morgan fingerprint density at radius 1 is 1.37 bits per heavy atom. The number of nitrogens with zero attached hydrogens (tertiary/aromatic N) is 1. The summed E-state index contributed by atoms with van der Waals surface area (Å²) in [6, 6.07) is 9.36. The van der Waals surface area contributed by atoms with Gasteiger partial charge < -0.3 is 14.6 Å². The van der Waals surface area contributed by atoms with Crippen LogP contribution >= 0.6 is 0 Å². The molecule has 0 aliphatic heterocycles. The minimum atomic E-state index is -0.175. The Bertz CT molecular complexity index is 585. The number of aromatic nitrogens is 1. The molecule has 1 aromatic heterocycles. The molecule has 0 saturated heterocycles. The van der Waals surface area contributed by atoms with E-state index in [4.69, 9.17) is 9.26 Å². The molecule has 0 bridgehead atoms. The highest BCUT2D eigenvalue weighted by atomic mass is 16.5. The number of methoxy groups -OCH3 is 1. The van der Waals surface area contributed by atoms with Crippen LogP contribution in [0.4, 0.5) is 0 Å². The molecule has 1 fully saturated rings. The molecule has 19 heavy (non-hydrogen) atoms. The zero-order chi connectivity index (χ0) is 13.2. The van der Waals surface area contributed by atoms with Gasteiger partial charge in [0.25, 0.3) is 5.91 Å². The van der Waals surface area contributed by atoms with Crippen molar-refractivity contribution in [2.24, 2.45) is 0 Å². The molecule has 1 aliphatic carbocycles. The largest absolute Gasteiger partial charge is 0.497 e. The van der Waals surface area contributed by atoms with Gasteiger partial charge in [-0.1, -0.05) is 5.16 Å². The van der Waals surface area contributed by atoms with Gasteiger partial charge in [0.15, 0.2) is 11.5 Å². The van der Waals surface area contributed by atoms with Crippen LogP contribution in [0.25, 0.3) is 11.3 Å². The molecule has 0 unspecified atom stereocenters. The number of rotatable bonds is 4. The fourth-order valence-electron chi connectivity index (χ4n) is 1.76. The molecule has 1 saturated carbocycles. The van der Waals surface area contributed by atoms with Crippen molar-refractivity contribution in [1.82, 2.24) is 10.5 Å². The van der Waals surface area contributed by atoms with Gasteiger partial charge in [-0.3, -0.25) is 4.79 Å². The summed E-state index contributed by atoms with van der Waals surface area (Å²) < 4.78 is 10.3. The summed E-state index contributed by atoms with van der Waals surface area (Å²) in [6.07, 6.45) is 2.10. The third-order valence-electron chi connectivity index (χ3n) is 3.03. The maximum atomic E-state index is 11.8. The standard InChI is InChI=1S/C14H14N2O3/c1-18-11-6-2-9(3-7-11)13-8-12(16-19-13)14(17)15-10-4-5-10/h2-3,6-8,10H,4-5H2,1H3,(H,15,17). The van der Waals surface area contributed by atoms with E-state index in [1.54, 1.807) is 13.2 Å². The molecule has 2 aromatic rings. The average Bonchev–Trinajstić information content (AvgIpc) is 3.11. The van der Waals surface area contributed by atoms with Crippen LogP contribution in [-0.2, 0) is 0 Å². The topological polar surface area (TPSA) is 64.4 Å². The third-order valence-corrected chi connectivity index (χ3v) is 3.03. The predicted molar refractivity (Wildman–Crippen MR) is 69.0 cm³/mol. The zero-order valence-corrected chi connectivity index (χ0v) is 10.6. The van der Waals surface area contributed by atoms with E-state index in [0.717, 1.165) is 24.2 Å². The smallest absolute Gasteiger partial charge is 0.273 e. The first kappa shape index (κ1) is 11.8. The first-order valence-electron chi connectivity index (χ1n) is 6.18. The second kappa shape index (κ2) is 4.76. The number of carbonyl (C=O) groups excluding carboxylic acids is 1. The Kier molecular flexibility index (Phi) is 2.95. The molecule has 1 aromatic carbocycles. The summed E-state index contributed by atoms with van der Waals surface area (Å²) in [5.41, 5.74) is 1.18. The lowest BCUT2D eigenvalue weighted by atomic mass is 10.1. The molecule has 5 heteroatoms. The molecular formula is C14H14N2O3. The Hall–Kier alpha value is -2.30. The van der Waals surface area contributed by atoms with Crippen molar-refractivity contribution in [2.45, 2.75) is 18.9 Å². The summed E-state index contributed by atoms with van der Waals surface area (Å²) in [7, 11) is 1.61. The molecule has 5 nitrogen and oxygen atoms in total. The van der Waals surface area contributed by atoms with Crippen molar-refractivity contribution in [3.05, 3.63) is 36.0 Å². The van der Waals surface area contributed by atoms with E-state index in [1.165, 1.54) is 0 Å². The second-order valence-corrected chi connectivity index (χ2v) is 4.55. The molecule has 0 atom stereocenters. The molecule has 1 N–H and O–H groups in total. The van der Waals surface area contributed by atoms with Gasteiger partial charge in [0.2, 0.25) is 0 Å². The van der Waals surface area contributed by atoms with E-state index in [1.807, 2.05) is 24.3 Å². The molecule has 3 rings (SSSR count). The van der Waals surface area contributed by atoms with Gasteiger partial charge in [-0.05, 0) is 37.1 Å². The van der Waals surface area contributed by atoms with Gasteiger partial charge in [-0.15, -0.1) is 0 Å². The highest BCUT2D eigenvalue weighted by Crippen LogP contribution is 2.24. The van der Waals surface area contributed by atoms with Gasteiger partial charge >= 0.3 is 0 Å². The van der Waals surface area contributed by atoms with Crippen molar-refractivity contribution >= 4 is 5.91 Å². The van der Waals surface area contributed by atoms with Crippen LogP contribution in [-0.4, -0.2) is 24.2 Å². The number of ether oxygens (including phenoxy) is 1. The highest BCUT2D eigenvalue weighted by Gasteiger charge is 2.25. The monoisotopic (exact) mass is 258 g/mol. The fraction of sp³-hybridized carbons (Fsp3) is 0.286. The molecule has 0 radical (unpaired) electrons. The van der Waals surface area contributed by atoms with Crippen LogP contribution in [0.1, 0.15) is 23.3 Å². The van der Waals surface area contributed by atoms with Crippen LogP contribution in [0, 0.1) is 0 Å². The first-order valence-corrected chi connectivity index (χ1v) is 6.18. The van der Waals surface area contributed by atoms with Crippen molar-refractivity contribution in [3.8, 4) is 17.1 Å². The number of carbonyl (C=O) groups is 1. The third kappa shape index (κ3) is 2.59. The molecule has 1 aliphatic rings. The van der Waals surface area contributed by atoms with E-state index in [2.05, 4.69) is 10.5 Å². The number of hydrogen-bond acceptors (Lipinski definition) is 4. The van der Waals surface area contributed by atoms with Crippen LogP contribution in [0.15, 0.2) is 34.9 Å². The SMILES string of the molecule is COc1ccc(-c2cc(C(=O)NC3CC3)no2)cc1. The zero-order valence-electron chi connectivity index (χ0n) is 10.6. The van der Waals surface area contributed by atoms with Gasteiger partial charge in [-0.2, -0.15) is 0 Å². The lowest BCUT2D eigenvalue weighted by Crippen LogP contribution is -2.25. The molecule has 1 amide bonds. The van der Waals surface area contributed by atoms with Crippen molar-refractivity contribution in [2.75, 3.05) is 7.11 Å². The van der Waals surface area contributed by atoms with Gasteiger partial charge in [0, 0.05) is 17.7 Å². The summed E-state index contributed by atoms with van der Waals surface area (Å²) in [5.74, 6) is 1.17. The summed E-state index contributed by atoms with van der Waals surface area (Å²) >= 11 is 0. The molecular weight excluding hydrogens is 244 g/mol. The summed E-state index contributed by atoms with van der Waals surface area (Å²) in [4.78, 5) is 11.8. The van der Waals surface area contributed by atoms with Crippen molar-refractivity contribution < 1.29 is 14.1 Å². The Morgan fingerprint density at radius 2 is 2.11 bits per heavy atom. The van der Waals surface area contributed by atoms with Crippen LogP contribution in [0.2, 0.25) is 0 Å². The Labute approximate surface area is 110 Å². The van der Waals surface area contributed by atoms with Crippen molar-refractivity contribution in [1.29, 1.82) is 0 Å². The lowest BCUT2D eigenvalue weighted by Gasteiger charge is -1.99. The Morgan fingerprint density at radius 3 is 2.74 bits per heavy atom. The highest BCUT2D eigenvalue weighted by molar-refractivity contribution is 5.93. The maximum Gasteiger partial charge on any atom is 0.273 e. The van der Waals surface area contributed by atoms with Crippen LogP contribution in [0.3, 0.4) is 0 Å². The van der Waals surface area contributed by atoms with E-state index in [9.17, 15) is 4.79 Å². The lowest BCUT2D eigenvalue weighted by molar-refractivity contribution is 0.0942. The maximum absolute atomic E-state index is 11.8. The molecule has 1 heterocycles. The van der Waals surface area contributed by atoms with E-state index in [0.29, 0.717) is 17.5 Å². The van der Waals surface area contributed by atoms with Crippen LogP contribution in [0.5, 0.6) is 5.75 Å². The van der Waals surface area contributed by atoms with E-state index < -0.39 is 0 Å². The average molecular weight is 258 g/mol. The quantitative estimate of drug-likeness (QED) is 0.913. The number of nitrogens with one attached hydrogen (secondary N) is 1. The number of amides is 1. The molecule has 98 valence electrons. The van der Waals surface area contributed by atoms with E-state index in [-0.39, 0.29) is 5.91 Å². The van der Waals surface area contributed by atoms with Gasteiger partial charge in [0.1, 0.15) is 5.75 Å². The normalized spacial score (nSPS) is 14.2. The van der Waals surface area contributed by atoms with Gasteiger partial charge in [-0.25, -0.2) is 0 Å². The minimum absolute atomic E-state index is 0.175. The van der Waals surface area contributed by atoms with Crippen molar-refractivity contribution in [3.63, 3.8) is 0 Å². The fourth-order valence-corrected chi connectivity index (χ4v) is 1.76. The number of hydrogen-bond donors (Lipinski definition) is 1. The number of benzene rings is 1. The summed E-state index contributed by atoms with van der Waals surface area (Å²) in [6.45, 7) is 0. The summed E-state index contributed by atoms with van der Waals surface area (Å²) in [5, 5.41) is 6.67. The Balaban J connectivity index is 1.77. The van der Waals surface area contributed by atoms with E-state index >= 15 is 0 Å². The molecule has 0 spiro atoms. The first-order chi connectivity index (χ1) is 9.26. The van der Waals surface area contributed by atoms with Crippen LogP contribution < -0.4 is 10.1 Å². The predicted octanol–water partition coefficient (Wildman–Crippen LogP) is 2.24.